The zero-order chi connectivity index (χ0) is 12.4. The maximum Gasteiger partial charge on any atom is 0.231 e. The van der Waals surface area contributed by atoms with Crippen molar-refractivity contribution in [3.05, 3.63) is 18.2 Å². The molecule has 0 spiro atoms. The summed E-state index contributed by atoms with van der Waals surface area (Å²) in [4.78, 5) is 13.5. The quantitative estimate of drug-likeness (QED) is 0.808. The highest BCUT2D eigenvalue weighted by atomic mass is 16.7. The zero-order valence-electron chi connectivity index (χ0n) is 10.4. The van der Waals surface area contributed by atoms with Gasteiger partial charge in [-0.25, -0.2) is 0 Å². The van der Waals surface area contributed by atoms with Gasteiger partial charge in [0.2, 0.25) is 12.7 Å². The minimum absolute atomic E-state index is 0.0169. The Morgan fingerprint density at radius 3 is 2.88 bits per heavy atom. The number of carbonyl (C=O) groups is 1. The highest BCUT2D eigenvalue weighted by Crippen LogP contribution is 2.41. The number of anilines is 1. The van der Waals surface area contributed by atoms with Gasteiger partial charge in [-0.3, -0.25) is 4.79 Å². The molecule has 0 saturated carbocycles. The fraction of sp³-hybridized carbons (Fsp3) is 0.462. The van der Waals surface area contributed by atoms with Crippen LogP contribution in [0.5, 0.6) is 11.5 Å². The summed E-state index contributed by atoms with van der Waals surface area (Å²) in [6.07, 6.45) is 0.893. The summed E-state index contributed by atoms with van der Waals surface area (Å²) in [5, 5.41) is 0. The molecule has 0 radical (unpaired) electrons. The monoisotopic (exact) mass is 235 g/mol. The Morgan fingerprint density at radius 1 is 1.47 bits per heavy atom. The van der Waals surface area contributed by atoms with Crippen molar-refractivity contribution in [2.24, 2.45) is 0 Å². The van der Waals surface area contributed by atoms with Crippen LogP contribution in [0.15, 0.2) is 18.2 Å². The van der Waals surface area contributed by atoms with Crippen molar-refractivity contribution in [3.8, 4) is 11.5 Å². The molecule has 1 aromatic carbocycles. The van der Waals surface area contributed by atoms with E-state index in [1.807, 2.05) is 25.1 Å². The third-order valence-corrected chi connectivity index (χ3v) is 3.01. The Bertz CT molecular complexity index is 431. The molecule has 0 N–H and O–H groups in total. The van der Waals surface area contributed by atoms with E-state index in [-0.39, 0.29) is 18.7 Å². The SMILES string of the molecule is CCC(C)N(C(C)=O)c1cccc2c1OCO2. The van der Waals surface area contributed by atoms with E-state index < -0.39 is 0 Å². The van der Waals surface area contributed by atoms with Crippen molar-refractivity contribution in [2.45, 2.75) is 33.2 Å². The number of hydrogen-bond donors (Lipinski definition) is 0. The summed E-state index contributed by atoms with van der Waals surface area (Å²) in [7, 11) is 0. The van der Waals surface area contributed by atoms with Crippen LogP contribution in [0.1, 0.15) is 27.2 Å². The van der Waals surface area contributed by atoms with E-state index >= 15 is 0 Å². The first-order valence-corrected chi connectivity index (χ1v) is 5.83. The van der Waals surface area contributed by atoms with Crippen molar-refractivity contribution >= 4 is 11.6 Å². The number of hydrogen-bond acceptors (Lipinski definition) is 3. The second kappa shape index (κ2) is 4.65. The molecule has 0 fully saturated rings. The number of carbonyl (C=O) groups excluding carboxylic acids is 1. The lowest BCUT2D eigenvalue weighted by atomic mass is 10.1. The fourth-order valence-electron chi connectivity index (χ4n) is 2.00. The average Bonchev–Trinajstić information content (AvgIpc) is 2.77. The van der Waals surface area contributed by atoms with Crippen LogP contribution in [0.4, 0.5) is 5.69 Å². The van der Waals surface area contributed by atoms with Gasteiger partial charge in [-0.05, 0) is 25.5 Å². The molecule has 1 aliphatic rings. The Labute approximate surface area is 101 Å². The summed E-state index contributed by atoms with van der Waals surface area (Å²) < 4.78 is 10.8. The van der Waals surface area contributed by atoms with Crippen molar-refractivity contribution in [1.29, 1.82) is 0 Å². The summed E-state index contributed by atoms with van der Waals surface area (Å²) in [5.41, 5.74) is 0.793. The lowest BCUT2D eigenvalue weighted by Crippen LogP contribution is -2.36. The van der Waals surface area contributed by atoms with Crippen LogP contribution in [0.3, 0.4) is 0 Å². The molecule has 4 nitrogen and oxygen atoms in total. The first kappa shape index (κ1) is 11.8. The predicted molar refractivity (Wildman–Crippen MR) is 65.5 cm³/mol. The maximum atomic E-state index is 11.8. The lowest BCUT2D eigenvalue weighted by Gasteiger charge is -2.28. The Kier molecular flexibility index (Phi) is 3.22. The molecule has 1 atom stereocenters. The van der Waals surface area contributed by atoms with Gasteiger partial charge in [0.25, 0.3) is 0 Å². The molecule has 0 aliphatic carbocycles. The lowest BCUT2D eigenvalue weighted by molar-refractivity contribution is -0.117. The molecule has 4 heteroatoms. The van der Waals surface area contributed by atoms with Crippen LogP contribution in [0.2, 0.25) is 0 Å². The number of nitrogens with zero attached hydrogens (tertiary/aromatic N) is 1. The van der Waals surface area contributed by atoms with Gasteiger partial charge < -0.3 is 14.4 Å². The van der Waals surface area contributed by atoms with Crippen LogP contribution in [-0.2, 0) is 4.79 Å². The molecule has 17 heavy (non-hydrogen) atoms. The molecule has 0 aromatic heterocycles. The van der Waals surface area contributed by atoms with Gasteiger partial charge in [0, 0.05) is 13.0 Å². The fourth-order valence-corrected chi connectivity index (χ4v) is 2.00. The number of fused-ring (bicyclic) bond motifs is 1. The molecule has 1 amide bonds. The minimum Gasteiger partial charge on any atom is -0.454 e. The highest BCUT2D eigenvalue weighted by Gasteiger charge is 2.25. The Balaban J connectivity index is 2.43. The van der Waals surface area contributed by atoms with Gasteiger partial charge in [-0.1, -0.05) is 13.0 Å². The van der Waals surface area contributed by atoms with Gasteiger partial charge in [-0.15, -0.1) is 0 Å². The average molecular weight is 235 g/mol. The van der Waals surface area contributed by atoms with Crippen LogP contribution in [0.25, 0.3) is 0 Å². The molecule has 1 aromatic rings. The van der Waals surface area contributed by atoms with Crippen LogP contribution >= 0.6 is 0 Å². The number of para-hydroxylation sites is 1. The van der Waals surface area contributed by atoms with Gasteiger partial charge in [0.1, 0.15) is 0 Å². The smallest absolute Gasteiger partial charge is 0.231 e. The Hall–Kier alpha value is -1.71. The van der Waals surface area contributed by atoms with E-state index in [0.29, 0.717) is 11.5 Å². The van der Waals surface area contributed by atoms with Gasteiger partial charge in [-0.2, -0.15) is 0 Å². The minimum atomic E-state index is 0.0169. The molecule has 2 rings (SSSR count). The summed E-state index contributed by atoms with van der Waals surface area (Å²) in [6, 6.07) is 5.76. The molecule has 1 heterocycles. The van der Waals surface area contributed by atoms with Crippen LogP contribution in [0, 0.1) is 0 Å². The van der Waals surface area contributed by atoms with Gasteiger partial charge >= 0.3 is 0 Å². The maximum absolute atomic E-state index is 11.8. The van der Waals surface area contributed by atoms with Crippen molar-refractivity contribution in [1.82, 2.24) is 0 Å². The van der Waals surface area contributed by atoms with E-state index in [1.54, 1.807) is 11.8 Å². The molecule has 0 saturated heterocycles. The second-order valence-electron chi connectivity index (χ2n) is 4.16. The number of amides is 1. The molecular weight excluding hydrogens is 218 g/mol. The summed E-state index contributed by atoms with van der Waals surface area (Å²) in [5.74, 6) is 1.39. The molecule has 0 bridgehead atoms. The normalized spacial score (nSPS) is 14.5. The van der Waals surface area contributed by atoms with Crippen molar-refractivity contribution < 1.29 is 14.3 Å². The van der Waals surface area contributed by atoms with E-state index in [2.05, 4.69) is 6.92 Å². The molecule has 92 valence electrons. The second-order valence-corrected chi connectivity index (χ2v) is 4.16. The van der Waals surface area contributed by atoms with Crippen molar-refractivity contribution in [2.75, 3.05) is 11.7 Å². The van der Waals surface area contributed by atoms with E-state index in [4.69, 9.17) is 9.47 Å². The van der Waals surface area contributed by atoms with E-state index in [9.17, 15) is 4.79 Å². The number of ether oxygens (including phenoxy) is 2. The standard InChI is InChI=1S/C13H17NO3/c1-4-9(2)14(10(3)15)11-6-5-7-12-13(11)17-8-16-12/h5-7,9H,4,8H2,1-3H3. The van der Waals surface area contributed by atoms with Crippen molar-refractivity contribution in [3.63, 3.8) is 0 Å². The summed E-state index contributed by atoms with van der Waals surface area (Å²) >= 11 is 0. The Morgan fingerprint density at radius 2 is 2.24 bits per heavy atom. The largest absolute Gasteiger partial charge is 0.454 e. The van der Waals surface area contributed by atoms with E-state index in [1.165, 1.54) is 0 Å². The summed E-state index contributed by atoms with van der Waals surface area (Å²) in [6.45, 7) is 5.87. The third kappa shape index (κ3) is 2.07. The molecule has 1 aliphatic heterocycles. The third-order valence-electron chi connectivity index (χ3n) is 3.01. The molecule has 1 unspecified atom stereocenters. The van der Waals surface area contributed by atoms with Crippen LogP contribution in [-0.4, -0.2) is 18.7 Å². The highest BCUT2D eigenvalue weighted by molar-refractivity contribution is 5.94. The first-order valence-electron chi connectivity index (χ1n) is 5.83. The van der Waals surface area contributed by atoms with Crippen LogP contribution < -0.4 is 14.4 Å². The first-order chi connectivity index (χ1) is 8.15. The zero-order valence-corrected chi connectivity index (χ0v) is 10.4. The van der Waals surface area contributed by atoms with Gasteiger partial charge in [0.05, 0.1) is 5.69 Å². The predicted octanol–water partition coefficient (Wildman–Crippen LogP) is 2.57. The number of benzene rings is 1. The van der Waals surface area contributed by atoms with Gasteiger partial charge in [0.15, 0.2) is 11.5 Å². The molecular formula is C13H17NO3. The number of rotatable bonds is 3. The topological polar surface area (TPSA) is 38.8 Å². The van der Waals surface area contributed by atoms with E-state index in [0.717, 1.165) is 12.1 Å².